The van der Waals surface area contributed by atoms with Gasteiger partial charge in [0, 0.05) is 43.0 Å². The number of H-pyrrole nitrogens is 2. The molecule has 3 saturated heterocycles. The monoisotopic (exact) mass is 921 g/mol. The summed E-state index contributed by atoms with van der Waals surface area (Å²) in [5.41, 5.74) is 4.90. The van der Waals surface area contributed by atoms with Crippen LogP contribution in [0.4, 0.5) is 21.1 Å². The Balaban J connectivity index is 1.10. The van der Waals surface area contributed by atoms with Gasteiger partial charge in [0.25, 0.3) is 5.91 Å². The van der Waals surface area contributed by atoms with Gasteiger partial charge in [-0.2, -0.15) is 0 Å². The Morgan fingerprint density at radius 3 is 1.76 bits per heavy atom. The van der Waals surface area contributed by atoms with Crippen molar-refractivity contribution in [1.82, 2.24) is 40.4 Å². The fraction of sp³-hybridized carbons (Fsp3) is 0.540. The Labute approximate surface area is 393 Å². The van der Waals surface area contributed by atoms with Crippen LogP contribution in [0.5, 0.6) is 0 Å². The second-order valence-corrected chi connectivity index (χ2v) is 19.8. The van der Waals surface area contributed by atoms with Crippen molar-refractivity contribution < 1.29 is 33.4 Å². The van der Waals surface area contributed by atoms with E-state index in [9.17, 15) is 24.0 Å². The highest BCUT2D eigenvalue weighted by Gasteiger charge is 2.39. The van der Waals surface area contributed by atoms with Crippen LogP contribution in [0.1, 0.15) is 138 Å². The van der Waals surface area contributed by atoms with E-state index in [-0.39, 0.29) is 53.0 Å². The average molecular weight is 921 g/mol. The van der Waals surface area contributed by atoms with E-state index in [2.05, 4.69) is 69.8 Å². The summed E-state index contributed by atoms with van der Waals surface area (Å²) >= 11 is 0. The van der Waals surface area contributed by atoms with Crippen molar-refractivity contribution in [3.05, 3.63) is 83.2 Å². The first-order valence-electron chi connectivity index (χ1n) is 23.7. The fourth-order valence-electron chi connectivity index (χ4n) is 9.65. The number of piperidine rings is 1. The molecule has 2 aromatic heterocycles. The van der Waals surface area contributed by atoms with Crippen LogP contribution in [0, 0.1) is 11.8 Å². The fourth-order valence-corrected chi connectivity index (χ4v) is 9.65. The van der Waals surface area contributed by atoms with Gasteiger partial charge in [0.15, 0.2) is 0 Å². The molecule has 3 aliphatic heterocycles. The van der Waals surface area contributed by atoms with E-state index < -0.39 is 24.3 Å². The van der Waals surface area contributed by atoms with Crippen molar-refractivity contribution in [3.63, 3.8) is 0 Å². The lowest BCUT2D eigenvalue weighted by atomic mass is 9.85. The van der Waals surface area contributed by atoms with Gasteiger partial charge in [-0.1, -0.05) is 72.7 Å². The third-order valence-corrected chi connectivity index (χ3v) is 13.6. The van der Waals surface area contributed by atoms with Gasteiger partial charge < -0.3 is 50.1 Å². The van der Waals surface area contributed by atoms with Gasteiger partial charge in [0.1, 0.15) is 29.6 Å². The maximum Gasteiger partial charge on any atom is 0.407 e. The number of carbonyl (C=O) groups is 5. The average Bonchev–Trinajstić information content (AvgIpc) is 4.16. The first kappa shape index (κ1) is 48.5. The van der Waals surface area contributed by atoms with Crippen LogP contribution in [-0.4, -0.2) is 112 Å². The number of aromatic nitrogens is 4. The highest BCUT2D eigenvalue weighted by Crippen LogP contribution is 2.38. The van der Waals surface area contributed by atoms with Crippen LogP contribution in [-0.2, 0) is 24.5 Å². The van der Waals surface area contributed by atoms with E-state index in [4.69, 9.17) is 19.4 Å². The van der Waals surface area contributed by atoms with Gasteiger partial charge in [-0.3, -0.25) is 14.4 Å². The number of hydrogen-bond donors (Lipinski definition) is 5. The molecule has 0 unspecified atom stereocenters. The molecule has 3 fully saturated rings. The molecule has 3 aliphatic rings. The van der Waals surface area contributed by atoms with Gasteiger partial charge in [-0.15, -0.1) is 0 Å². The molecule has 0 radical (unpaired) electrons. The molecule has 360 valence electrons. The van der Waals surface area contributed by atoms with E-state index in [1.165, 1.54) is 19.8 Å². The smallest absolute Gasteiger partial charge is 0.407 e. The lowest BCUT2D eigenvalue weighted by Gasteiger charge is -2.33. The van der Waals surface area contributed by atoms with Gasteiger partial charge in [0.2, 0.25) is 11.8 Å². The summed E-state index contributed by atoms with van der Waals surface area (Å²) in [4.78, 5) is 88.6. The van der Waals surface area contributed by atoms with Crippen LogP contribution in [0.15, 0.2) is 54.9 Å². The second kappa shape index (κ2) is 20.6. The highest BCUT2D eigenvalue weighted by molar-refractivity contribution is 6.06. The molecule has 0 aliphatic carbocycles. The number of nitrogens with zero attached hydrogens (tertiary/aromatic N) is 5. The number of hydrogen-bond acceptors (Lipinski definition) is 10. The van der Waals surface area contributed by atoms with Crippen LogP contribution >= 0.6 is 0 Å². The molecule has 0 spiro atoms. The summed E-state index contributed by atoms with van der Waals surface area (Å²) in [6.45, 7) is 16.6. The van der Waals surface area contributed by atoms with Crippen LogP contribution in [0.3, 0.4) is 0 Å². The van der Waals surface area contributed by atoms with E-state index >= 15 is 0 Å². The van der Waals surface area contributed by atoms with E-state index in [0.717, 1.165) is 73.7 Å². The molecule has 7 rings (SSSR count). The van der Waals surface area contributed by atoms with E-state index in [1.54, 1.807) is 11.1 Å². The Morgan fingerprint density at radius 2 is 1.24 bits per heavy atom. The topological polar surface area (TPSA) is 207 Å². The number of aromatic amines is 2. The number of carbonyl (C=O) groups excluding carboxylic acids is 5. The Bertz CT molecular complexity index is 2390. The summed E-state index contributed by atoms with van der Waals surface area (Å²) < 4.78 is 9.60. The molecule has 67 heavy (non-hydrogen) atoms. The van der Waals surface area contributed by atoms with Crippen LogP contribution in [0.2, 0.25) is 0 Å². The SMILES string of the molecule is COC(=O)N[C@H](C(=O)N1CCC[C@H]1c1ncc(-c2ccc(C3CCN(c4cnc([C@@H]5CCCN5C(=O)[C@@H](NC(=O)OC)C(C)C)[nH]4)CC3)c(C(=O)Nc3ccc(C(C)(C)C)cc3)c2)[nH]1)C(C)C. The summed E-state index contributed by atoms with van der Waals surface area (Å²) in [7, 11) is 2.57. The van der Waals surface area contributed by atoms with E-state index in [0.29, 0.717) is 36.6 Å². The third kappa shape index (κ3) is 10.9. The normalized spacial score (nSPS) is 18.8. The Morgan fingerprint density at radius 1 is 0.701 bits per heavy atom. The molecule has 5 heterocycles. The summed E-state index contributed by atoms with van der Waals surface area (Å²) in [6, 6.07) is 12.0. The van der Waals surface area contributed by atoms with Crippen molar-refractivity contribution in [1.29, 1.82) is 0 Å². The highest BCUT2D eigenvalue weighted by atomic mass is 16.5. The molecular weight excluding hydrogens is 853 g/mol. The maximum absolute atomic E-state index is 14.4. The maximum atomic E-state index is 14.4. The first-order valence-corrected chi connectivity index (χ1v) is 23.7. The Kier molecular flexibility index (Phi) is 15.0. The molecule has 4 atom stereocenters. The van der Waals surface area contributed by atoms with E-state index in [1.807, 2.05) is 63.1 Å². The molecule has 5 amide bonds. The zero-order valence-electron chi connectivity index (χ0n) is 40.4. The molecule has 5 N–H and O–H groups in total. The molecule has 2 aromatic carbocycles. The van der Waals surface area contributed by atoms with Gasteiger partial charge in [-0.25, -0.2) is 19.6 Å². The number of methoxy groups -OCH3 is 2. The van der Waals surface area contributed by atoms with Crippen molar-refractivity contribution in [3.8, 4) is 11.3 Å². The van der Waals surface area contributed by atoms with Gasteiger partial charge >= 0.3 is 12.2 Å². The molecule has 0 bridgehead atoms. The molecule has 17 nitrogen and oxygen atoms in total. The minimum Gasteiger partial charge on any atom is -0.453 e. The second-order valence-electron chi connectivity index (χ2n) is 19.8. The molecular formula is C50H68N10O7. The number of nitrogens with one attached hydrogen (secondary N) is 5. The predicted molar refractivity (Wildman–Crippen MR) is 256 cm³/mol. The van der Waals surface area contributed by atoms with Gasteiger partial charge in [0.05, 0.1) is 44.4 Å². The zero-order valence-corrected chi connectivity index (χ0v) is 40.4. The summed E-state index contributed by atoms with van der Waals surface area (Å²) in [5, 5.41) is 8.59. The summed E-state index contributed by atoms with van der Waals surface area (Å²) in [5.74, 6) is 1.52. The summed E-state index contributed by atoms with van der Waals surface area (Å²) in [6.07, 6.45) is 6.99. The van der Waals surface area contributed by atoms with Crippen LogP contribution < -0.4 is 20.9 Å². The number of ether oxygens (including phenoxy) is 2. The zero-order chi connectivity index (χ0) is 48.2. The van der Waals surface area contributed by atoms with Crippen molar-refractivity contribution >= 4 is 41.4 Å². The van der Waals surface area contributed by atoms with Crippen LogP contribution in [0.25, 0.3) is 11.3 Å². The lowest BCUT2D eigenvalue weighted by Crippen LogP contribution is -2.51. The minimum absolute atomic E-state index is 0.0318. The number of rotatable bonds is 13. The third-order valence-electron chi connectivity index (χ3n) is 13.6. The van der Waals surface area contributed by atoms with Crippen molar-refractivity contribution in [2.24, 2.45) is 11.8 Å². The molecule has 0 saturated carbocycles. The Hall–Kier alpha value is -6.39. The number of anilines is 2. The predicted octanol–water partition coefficient (Wildman–Crippen LogP) is 7.82. The number of likely N-dealkylation sites (tertiary alicyclic amines) is 2. The largest absolute Gasteiger partial charge is 0.453 e. The first-order chi connectivity index (χ1) is 32.0. The quantitative estimate of drug-likeness (QED) is 0.0879. The van der Waals surface area contributed by atoms with Crippen molar-refractivity contribution in [2.45, 2.75) is 122 Å². The number of alkyl carbamates (subject to hydrolysis) is 2. The number of benzene rings is 2. The van der Waals surface area contributed by atoms with Gasteiger partial charge in [-0.05, 0) is 91.0 Å². The molecule has 17 heteroatoms. The number of imidazole rings is 2. The standard InChI is InChI=1S/C50H68N10O7/c1-29(2)41(56-48(64)66-8)46(62)59-22-10-12-38(59)43-51-27-37(54-43)32-14-19-35(36(26-32)45(61)53-34-17-15-33(16-18-34)50(5,6)7)31-20-24-58(25-21-31)40-28-52-44(55-40)39-13-11-23-60(39)47(63)42(30(3)4)57-49(65)67-9/h14-19,26-31,38-39,41-42H,10-13,20-25H2,1-9H3,(H,51,54)(H,52,55)(H,53,61)(H,56,64)(H,57,65)/t38-,39-,41-,42-/m0/s1. The molecule has 4 aromatic rings. The minimum atomic E-state index is -0.744. The lowest BCUT2D eigenvalue weighted by molar-refractivity contribution is -0.136. The number of amides is 5. The van der Waals surface area contributed by atoms with Crippen molar-refractivity contribution in [2.75, 3.05) is 50.6 Å².